The lowest BCUT2D eigenvalue weighted by molar-refractivity contribution is 0.819. The number of nitrogens with zero attached hydrogens (tertiary/aromatic N) is 3. The zero-order valence-corrected chi connectivity index (χ0v) is 13.8. The highest BCUT2D eigenvalue weighted by Crippen LogP contribution is 2.17. The number of aromatic nitrogens is 3. The third kappa shape index (κ3) is 3.19. The summed E-state index contributed by atoms with van der Waals surface area (Å²) in [7, 11) is 0. The third-order valence-corrected chi connectivity index (χ3v) is 4.08. The highest BCUT2D eigenvalue weighted by molar-refractivity contribution is 8.00. The second-order valence-corrected chi connectivity index (χ2v) is 6.03. The molecule has 0 saturated carbocycles. The lowest BCUT2D eigenvalue weighted by Crippen LogP contribution is -2.16. The van der Waals surface area contributed by atoms with E-state index in [9.17, 15) is 4.79 Å². The zero-order chi connectivity index (χ0) is 16.9. The van der Waals surface area contributed by atoms with Gasteiger partial charge in [-0.2, -0.15) is 5.26 Å². The van der Waals surface area contributed by atoms with Crippen LogP contribution in [0, 0.1) is 11.3 Å². The standard InChI is InChI=1S/C17H15N5OS/c1-2-24-21-14-7-8-16(19-10-14)22-17(23)15(11-20-22)13-5-3-12(9-18)4-6-13/h3-8,10-11,20-21H,2H2,1H3. The Kier molecular flexibility index (Phi) is 4.68. The van der Waals surface area contributed by atoms with Gasteiger partial charge in [0, 0.05) is 11.9 Å². The monoisotopic (exact) mass is 337 g/mol. The van der Waals surface area contributed by atoms with Crippen LogP contribution in [0.1, 0.15) is 12.5 Å². The molecule has 0 radical (unpaired) electrons. The maximum absolute atomic E-state index is 12.6. The van der Waals surface area contributed by atoms with Gasteiger partial charge in [0.1, 0.15) is 0 Å². The van der Waals surface area contributed by atoms with E-state index in [1.807, 2.05) is 6.07 Å². The summed E-state index contributed by atoms with van der Waals surface area (Å²) in [6, 6.07) is 12.6. The highest BCUT2D eigenvalue weighted by Gasteiger charge is 2.10. The van der Waals surface area contributed by atoms with E-state index in [0.29, 0.717) is 16.9 Å². The summed E-state index contributed by atoms with van der Waals surface area (Å²) in [6.07, 6.45) is 3.33. The minimum Gasteiger partial charge on any atom is -0.328 e. The average Bonchev–Trinajstić information content (AvgIpc) is 3.02. The minimum atomic E-state index is -0.184. The molecule has 1 aromatic carbocycles. The van der Waals surface area contributed by atoms with Crippen molar-refractivity contribution in [3.05, 3.63) is 64.7 Å². The van der Waals surface area contributed by atoms with Crippen molar-refractivity contribution in [3.63, 3.8) is 0 Å². The summed E-state index contributed by atoms with van der Waals surface area (Å²) in [4.78, 5) is 16.9. The number of benzene rings is 1. The van der Waals surface area contributed by atoms with Gasteiger partial charge in [-0.3, -0.25) is 9.89 Å². The highest BCUT2D eigenvalue weighted by atomic mass is 32.2. The van der Waals surface area contributed by atoms with Gasteiger partial charge in [-0.1, -0.05) is 31.0 Å². The number of rotatable bonds is 5. The molecular formula is C17H15N5OS. The zero-order valence-electron chi connectivity index (χ0n) is 13.0. The Balaban J connectivity index is 1.89. The van der Waals surface area contributed by atoms with E-state index in [-0.39, 0.29) is 5.56 Å². The molecule has 2 N–H and O–H groups in total. The van der Waals surface area contributed by atoms with Crippen LogP contribution in [0.4, 0.5) is 5.69 Å². The molecule has 0 fully saturated rings. The van der Waals surface area contributed by atoms with Gasteiger partial charge in [-0.15, -0.1) is 0 Å². The van der Waals surface area contributed by atoms with Gasteiger partial charge in [-0.25, -0.2) is 9.67 Å². The van der Waals surface area contributed by atoms with Crippen LogP contribution in [0.3, 0.4) is 0 Å². The van der Waals surface area contributed by atoms with Crippen molar-refractivity contribution in [1.29, 1.82) is 5.26 Å². The van der Waals surface area contributed by atoms with Gasteiger partial charge in [0.05, 0.1) is 29.1 Å². The smallest absolute Gasteiger partial charge is 0.280 e. The molecule has 0 aliphatic rings. The first-order valence-corrected chi connectivity index (χ1v) is 8.36. The number of nitrogens with one attached hydrogen (secondary N) is 2. The van der Waals surface area contributed by atoms with Crippen molar-refractivity contribution in [1.82, 2.24) is 14.8 Å². The van der Waals surface area contributed by atoms with Gasteiger partial charge in [-0.05, 0) is 29.8 Å². The molecule has 120 valence electrons. The second-order valence-electron chi connectivity index (χ2n) is 4.96. The third-order valence-electron chi connectivity index (χ3n) is 3.41. The van der Waals surface area contributed by atoms with Gasteiger partial charge in [0.2, 0.25) is 0 Å². The molecule has 7 heteroatoms. The molecule has 0 unspecified atom stereocenters. The fraction of sp³-hybridized carbons (Fsp3) is 0.118. The topological polar surface area (TPSA) is 86.5 Å². The van der Waals surface area contributed by atoms with Crippen molar-refractivity contribution < 1.29 is 0 Å². The van der Waals surface area contributed by atoms with Gasteiger partial charge in [0.25, 0.3) is 5.56 Å². The molecule has 6 nitrogen and oxygen atoms in total. The first kappa shape index (κ1) is 15.9. The molecule has 24 heavy (non-hydrogen) atoms. The molecule has 0 aliphatic carbocycles. The van der Waals surface area contributed by atoms with Crippen molar-refractivity contribution in [2.24, 2.45) is 0 Å². The number of pyridine rings is 1. The SMILES string of the molecule is CCSNc1ccc(-n2[nH]cc(-c3ccc(C#N)cc3)c2=O)nc1. The molecule has 0 bridgehead atoms. The summed E-state index contributed by atoms with van der Waals surface area (Å²) >= 11 is 1.58. The summed E-state index contributed by atoms with van der Waals surface area (Å²) in [6.45, 7) is 2.06. The van der Waals surface area contributed by atoms with E-state index in [1.54, 1.807) is 54.7 Å². The second kappa shape index (κ2) is 7.06. The van der Waals surface area contributed by atoms with E-state index in [0.717, 1.165) is 17.0 Å². The van der Waals surface area contributed by atoms with Crippen molar-refractivity contribution in [2.75, 3.05) is 10.5 Å². The van der Waals surface area contributed by atoms with Gasteiger partial charge < -0.3 is 4.72 Å². The van der Waals surface area contributed by atoms with E-state index < -0.39 is 0 Å². The molecule has 0 spiro atoms. The summed E-state index contributed by atoms with van der Waals surface area (Å²) in [5.74, 6) is 1.47. The summed E-state index contributed by atoms with van der Waals surface area (Å²) < 4.78 is 4.55. The normalized spacial score (nSPS) is 10.3. The van der Waals surface area contributed by atoms with Crippen LogP contribution >= 0.6 is 11.9 Å². The van der Waals surface area contributed by atoms with Crippen LogP contribution in [0.5, 0.6) is 0 Å². The number of nitriles is 1. The molecule has 2 heterocycles. The Morgan fingerprint density at radius 2 is 2.08 bits per heavy atom. The maximum atomic E-state index is 12.6. The Morgan fingerprint density at radius 1 is 1.29 bits per heavy atom. The molecule has 0 amide bonds. The van der Waals surface area contributed by atoms with Crippen LogP contribution in [0.25, 0.3) is 16.9 Å². The van der Waals surface area contributed by atoms with E-state index in [1.165, 1.54) is 4.68 Å². The van der Waals surface area contributed by atoms with Crippen molar-refractivity contribution >= 4 is 17.6 Å². The Labute approximate surface area is 143 Å². The lowest BCUT2D eigenvalue weighted by atomic mass is 10.1. The van der Waals surface area contributed by atoms with Crippen LogP contribution in [-0.2, 0) is 0 Å². The lowest BCUT2D eigenvalue weighted by Gasteiger charge is -2.04. The first-order chi connectivity index (χ1) is 11.7. The van der Waals surface area contributed by atoms with Crippen LogP contribution in [0.15, 0.2) is 53.6 Å². The van der Waals surface area contributed by atoms with Gasteiger partial charge >= 0.3 is 0 Å². The largest absolute Gasteiger partial charge is 0.328 e. The Hall–Kier alpha value is -2.98. The van der Waals surface area contributed by atoms with E-state index >= 15 is 0 Å². The minimum absolute atomic E-state index is 0.184. The van der Waals surface area contributed by atoms with E-state index in [4.69, 9.17) is 5.26 Å². The molecule has 0 atom stereocenters. The molecule has 3 rings (SSSR count). The molecule has 2 aromatic heterocycles. The molecule has 0 saturated heterocycles. The molecular weight excluding hydrogens is 322 g/mol. The summed E-state index contributed by atoms with van der Waals surface area (Å²) in [5.41, 5.74) is 2.55. The number of anilines is 1. The van der Waals surface area contributed by atoms with Crippen molar-refractivity contribution in [3.8, 4) is 23.0 Å². The quantitative estimate of drug-likeness (QED) is 0.698. The number of hydrogen-bond donors (Lipinski definition) is 2. The average molecular weight is 337 g/mol. The molecule has 0 aliphatic heterocycles. The first-order valence-electron chi connectivity index (χ1n) is 7.38. The summed E-state index contributed by atoms with van der Waals surface area (Å²) in [5, 5.41) is 11.8. The Bertz CT molecular complexity index is 919. The van der Waals surface area contributed by atoms with E-state index in [2.05, 4.69) is 27.8 Å². The van der Waals surface area contributed by atoms with Crippen LogP contribution in [-0.4, -0.2) is 20.5 Å². The number of H-pyrrole nitrogens is 1. The van der Waals surface area contributed by atoms with Gasteiger partial charge in [0.15, 0.2) is 5.82 Å². The molecule has 3 aromatic rings. The predicted molar refractivity (Wildman–Crippen MR) is 96.1 cm³/mol. The van der Waals surface area contributed by atoms with Crippen LogP contribution in [0.2, 0.25) is 0 Å². The fourth-order valence-corrected chi connectivity index (χ4v) is 2.64. The number of aromatic amines is 1. The number of hydrogen-bond acceptors (Lipinski definition) is 5. The Morgan fingerprint density at radius 3 is 2.71 bits per heavy atom. The fourth-order valence-electron chi connectivity index (χ4n) is 2.21. The van der Waals surface area contributed by atoms with Crippen molar-refractivity contribution in [2.45, 2.75) is 6.92 Å². The van der Waals surface area contributed by atoms with Crippen LogP contribution < -0.4 is 10.3 Å². The predicted octanol–water partition coefficient (Wildman–Crippen LogP) is 3.18. The maximum Gasteiger partial charge on any atom is 0.280 e.